The highest BCUT2D eigenvalue weighted by Crippen LogP contribution is 2.55. The number of rotatable bonds is 2. The van der Waals surface area contributed by atoms with Gasteiger partial charge in [0, 0.05) is 23.8 Å². The van der Waals surface area contributed by atoms with Gasteiger partial charge in [-0.25, -0.2) is 0 Å². The van der Waals surface area contributed by atoms with Gasteiger partial charge in [0.25, 0.3) is 0 Å². The second-order valence-corrected chi connectivity index (χ2v) is 11.4. The van der Waals surface area contributed by atoms with E-state index in [1.165, 1.54) is 0 Å². The lowest BCUT2D eigenvalue weighted by Crippen LogP contribution is -2.72. The Morgan fingerprint density at radius 2 is 1.69 bits per heavy atom. The van der Waals surface area contributed by atoms with E-state index >= 15 is 0 Å². The van der Waals surface area contributed by atoms with Crippen molar-refractivity contribution in [3.63, 3.8) is 0 Å². The molecule has 0 bridgehead atoms. The zero-order chi connectivity index (χ0) is 26.3. The Hall–Kier alpha value is -2.91. The van der Waals surface area contributed by atoms with E-state index < -0.39 is 76.8 Å². The molecule has 1 amide bonds. The second kappa shape index (κ2) is 8.05. The lowest BCUT2D eigenvalue weighted by Gasteiger charge is -2.53. The molecule has 1 aromatic carbocycles. The minimum atomic E-state index is -2.90. The minimum absolute atomic E-state index is 0.0264. The lowest BCUT2D eigenvalue weighted by atomic mass is 9.50. The number of hydrogen-bond donors (Lipinski definition) is 4. The van der Waals surface area contributed by atoms with Crippen molar-refractivity contribution in [2.75, 3.05) is 0 Å². The van der Waals surface area contributed by atoms with Crippen molar-refractivity contribution in [3.8, 4) is 5.75 Å². The molecule has 5 rings (SSSR count). The van der Waals surface area contributed by atoms with Crippen LogP contribution in [0.5, 0.6) is 5.75 Å². The molecular weight excluding hydrogens is 466 g/mol. The third-order valence-electron chi connectivity index (χ3n) is 9.47. The van der Waals surface area contributed by atoms with Crippen molar-refractivity contribution in [1.29, 1.82) is 0 Å². The lowest BCUT2D eigenvalue weighted by molar-refractivity contribution is -0.189. The first kappa shape index (κ1) is 24.8. The Morgan fingerprint density at radius 1 is 1.06 bits per heavy atom. The normalized spacial score (nSPS) is 37.7. The van der Waals surface area contributed by atoms with Crippen LogP contribution in [0.15, 0.2) is 12.1 Å². The number of Topliss-reactive ketones (excluding diaryl/α,β-unsaturated/α-hetero) is 4. The van der Waals surface area contributed by atoms with Crippen molar-refractivity contribution in [3.05, 3.63) is 28.8 Å². The zero-order valence-corrected chi connectivity index (χ0v) is 20.3. The number of hydrogen-bond acceptors (Lipinski definition) is 8. The van der Waals surface area contributed by atoms with Crippen molar-refractivity contribution in [1.82, 2.24) is 0 Å². The molecule has 2 unspecified atom stereocenters. The van der Waals surface area contributed by atoms with Crippen molar-refractivity contribution in [2.24, 2.45) is 29.4 Å². The van der Waals surface area contributed by atoms with Gasteiger partial charge in [0.05, 0.1) is 17.6 Å². The number of fused-ring (bicyclic) bond motifs is 3. The Kier molecular flexibility index (Phi) is 5.54. The van der Waals surface area contributed by atoms with Crippen LogP contribution in [0, 0.1) is 23.7 Å². The molecule has 4 aliphatic rings. The quantitative estimate of drug-likeness (QED) is 0.439. The van der Waals surface area contributed by atoms with E-state index in [2.05, 4.69) is 0 Å². The van der Waals surface area contributed by atoms with Gasteiger partial charge in [0.1, 0.15) is 5.75 Å². The summed E-state index contributed by atoms with van der Waals surface area (Å²) in [5.41, 5.74) is 3.03. The van der Waals surface area contributed by atoms with Gasteiger partial charge in [-0.2, -0.15) is 0 Å². The monoisotopic (exact) mass is 497 g/mol. The number of aliphatic hydroxyl groups is 2. The van der Waals surface area contributed by atoms with Gasteiger partial charge in [-0.15, -0.1) is 0 Å². The average molecular weight is 498 g/mol. The molecule has 3 fully saturated rings. The molecular formula is C27H31NO8. The Labute approximate surface area is 208 Å². The third kappa shape index (κ3) is 3.05. The highest BCUT2D eigenvalue weighted by atomic mass is 16.3. The van der Waals surface area contributed by atoms with Crippen LogP contribution in [0.3, 0.4) is 0 Å². The van der Waals surface area contributed by atoms with Crippen molar-refractivity contribution in [2.45, 2.75) is 75.4 Å². The summed E-state index contributed by atoms with van der Waals surface area (Å²) in [4.78, 5) is 65.0. The number of carbonyl (C=O) groups is 5. The van der Waals surface area contributed by atoms with E-state index in [0.717, 1.165) is 32.1 Å². The van der Waals surface area contributed by atoms with Gasteiger partial charge in [-0.1, -0.05) is 45.2 Å². The molecule has 0 radical (unpaired) electrons. The van der Waals surface area contributed by atoms with E-state index in [-0.39, 0.29) is 16.7 Å². The molecule has 9 heteroatoms. The fourth-order valence-electron chi connectivity index (χ4n) is 7.44. The van der Waals surface area contributed by atoms with Crippen LogP contribution in [0.1, 0.15) is 79.8 Å². The number of phenols is 1. The zero-order valence-electron chi connectivity index (χ0n) is 20.3. The first-order chi connectivity index (χ1) is 16.9. The van der Waals surface area contributed by atoms with Crippen LogP contribution in [0.2, 0.25) is 0 Å². The summed E-state index contributed by atoms with van der Waals surface area (Å²) >= 11 is 0. The molecule has 0 heterocycles. The number of aliphatic hydroxyl groups excluding tert-OH is 1. The van der Waals surface area contributed by atoms with Gasteiger partial charge < -0.3 is 21.1 Å². The maximum absolute atomic E-state index is 13.8. The standard InChI is InChI=1S/C27H31NO8/c1-11-12-6-7-13(26(2)8-4-3-5-9-26)20(30)17(12)22(32)19-16(11)21(31)14-10-15(29)18(25(28)35)23(33)27(14,36)24(19)34/h6-7,11,14,16,18-19,21,30-31,36H,3-5,8-10H2,1-2H3,(H2,28,35)/t11-,14+,16+,18?,19?,21+,27+/m0/s1. The molecule has 5 N–H and O–H groups in total. The maximum atomic E-state index is 13.8. The fourth-order valence-corrected chi connectivity index (χ4v) is 7.44. The van der Waals surface area contributed by atoms with Gasteiger partial charge in [0.2, 0.25) is 5.91 Å². The number of primary amides is 1. The number of carbonyl (C=O) groups excluding carboxylic acids is 5. The van der Waals surface area contributed by atoms with E-state index in [9.17, 15) is 39.3 Å². The molecule has 7 atom stereocenters. The summed E-state index contributed by atoms with van der Waals surface area (Å²) in [6, 6.07) is 3.56. The summed E-state index contributed by atoms with van der Waals surface area (Å²) in [7, 11) is 0. The molecule has 36 heavy (non-hydrogen) atoms. The van der Waals surface area contributed by atoms with E-state index in [4.69, 9.17) is 5.73 Å². The second-order valence-electron chi connectivity index (χ2n) is 11.4. The molecule has 3 saturated carbocycles. The van der Waals surface area contributed by atoms with E-state index in [1.54, 1.807) is 13.0 Å². The van der Waals surface area contributed by atoms with E-state index in [1.807, 2.05) is 13.0 Å². The summed E-state index contributed by atoms with van der Waals surface area (Å²) in [6.07, 6.45) is 2.60. The van der Waals surface area contributed by atoms with Crippen LogP contribution >= 0.6 is 0 Å². The van der Waals surface area contributed by atoms with Crippen LogP contribution in [-0.4, -0.2) is 56.1 Å². The summed E-state index contributed by atoms with van der Waals surface area (Å²) in [6.45, 7) is 3.75. The summed E-state index contributed by atoms with van der Waals surface area (Å²) in [5.74, 6) is -12.4. The summed E-state index contributed by atoms with van der Waals surface area (Å²) < 4.78 is 0. The molecule has 9 nitrogen and oxygen atoms in total. The third-order valence-corrected chi connectivity index (χ3v) is 9.47. The largest absolute Gasteiger partial charge is 0.507 e. The van der Waals surface area contributed by atoms with Crippen molar-refractivity contribution >= 4 is 29.0 Å². The van der Waals surface area contributed by atoms with Gasteiger partial charge >= 0.3 is 0 Å². The first-order valence-electron chi connectivity index (χ1n) is 12.6. The van der Waals surface area contributed by atoms with E-state index in [0.29, 0.717) is 11.1 Å². The van der Waals surface area contributed by atoms with Crippen LogP contribution in [0.25, 0.3) is 0 Å². The molecule has 0 aromatic heterocycles. The highest BCUT2D eigenvalue weighted by molar-refractivity contribution is 6.31. The van der Waals surface area contributed by atoms with Gasteiger partial charge in [-0.3, -0.25) is 24.0 Å². The Morgan fingerprint density at radius 3 is 2.31 bits per heavy atom. The fraction of sp³-hybridized carbons (Fsp3) is 0.593. The van der Waals surface area contributed by atoms with Crippen molar-refractivity contribution < 1.29 is 39.3 Å². The van der Waals surface area contributed by atoms with Crippen LogP contribution < -0.4 is 5.73 Å². The first-order valence-corrected chi connectivity index (χ1v) is 12.6. The number of benzene rings is 1. The average Bonchev–Trinajstić information content (AvgIpc) is 2.81. The van der Waals surface area contributed by atoms with Gasteiger partial charge in [-0.05, 0) is 29.7 Å². The number of aromatic hydroxyl groups is 1. The summed E-state index contributed by atoms with van der Waals surface area (Å²) in [5, 5.41) is 34.0. The smallest absolute Gasteiger partial charge is 0.235 e. The topological polar surface area (TPSA) is 172 Å². The molecule has 0 aliphatic heterocycles. The number of nitrogens with two attached hydrogens (primary N) is 1. The predicted molar refractivity (Wildman–Crippen MR) is 125 cm³/mol. The predicted octanol–water partition coefficient (Wildman–Crippen LogP) is 1.08. The van der Waals surface area contributed by atoms with Gasteiger partial charge in [0.15, 0.2) is 34.7 Å². The molecule has 0 saturated heterocycles. The highest BCUT2D eigenvalue weighted by Gasteiger charge is 2.69. The number of phenolic OH excluding ortho intramolecular Hbond substituents is 1. The Bertz CT molecular complexity index is 1210. The van der Waals surface area contributed by atoms with Crippen LogP contribution in [-0.2, 0) is 24.6 Å². The van der Waals surface area contributed by atoms with Crippen LogP contribution in [0.4, 0.5) is 0 Å². The molecule has 1 aromatic rings. The SMILES string of the molecule is C[C@H]1c2ccc(C3(C)CCCCC3)c(O)c2C(=O)C2C(=O)[C@]3(O)C(=O)C(C(N)=O)C(=O)C[C@@H]3[C@@H](O)[C@@H]21. The number of ketones is 4. The molecule has 0 spiro atoms. The minimum Gasteiger partial charge on any atom is -0.507 e. The maximum Gasteiger partial charge on any atom is 0.235 e. The molecule has 4 aliphatic carbocycles. The Balaban J connectivity index is 1.64. The number of amides is 1. The molecule has 192 valence electrons.